The Kier molecular flexibility index (Phi) is 6.59. The fraction of sp³-hybridized carbons (Fsp3) is 0.500. The van der Waals surface area contributed by atoms with E-state index in [1.165, 1.54) is 0 Å². The van der Waals surface area contributed by atoms with Crippen molar-refractivity contribution in [3.8, 4) is 0 Å². The van der Waals surface area contributed by atoms with Crippen LogP contribution in [0.25, 0.3) is 0 Å². The summed E-state index contributed by atoms with van der Waals surface area (Å²) in [6, 6.07) is 5.75. The Bertz CT molecular complexity index is 583. The highest BCUT2D eigenvalue weighted by Gasteiger charge is 2.34. The van der Waals surface area contributed by atoms with Crippen LogP contribution in [0, 0.1) is 18.8 Å². The summed E-state index contributed by atoms with van der Waals surface area (Å²) in [5.41, 5.74) is 2.03. The van der Waals surface area contributed by atoms with Crippen LogP contribution in [0.3, 0.4) is 0 Å². The van der Waals surface area contributed by atoms with Crippen LogP contribution in [0.4, 0.5) is 0 Å². The van der Waals surface area contributed by atoms with Crippen molar-refractivity contribution in [2.75, 3.05) is 0 Å². The molecule has 0 unspecified atom stereocenters. The van der Waals surface area contributed by atoms with Crippen molar-refractivity contribution < 1.29 is 9.59 Å². The van der Waals surface area contributed by atoms with Gasteiger partial charge in [0.2, 0.25) is 0 Å². The first-order chi connectivity index (χ1) is 11.0. The molecule has 23 heavy (non-hydrogen) atoms. The number of hydrogen-bond acceptors (Lipinski definition) is 2. The minimum Gasteiger partial charge on any atom is -0.299 e. The lowest BCUT2D eigenvalue weighted by Crippen LogP contribution is -2.18. The normalized spacial score (nSPS) is 21.3. The molecule has 0 bridgehead atoms. The summed E-state index contributed by atoms with van der Waals surface area (Å²) in [5.74, 6) is 0.762. The van der Waals surface area contributed by atoms with E-state index in [2.05, 4.69) is 19.1 Å². The van der Waals surface area contributed by atoms with Crippen molar-refractivity contribution in [1.82, 2.24) is 0 Å². The Morgan fingerprint density at radius 3 is 2.78 bits per heavy atom. The largest absolute Gasteiger partial charge is 0.299 e. The van der Waals surface area contributed by atoms with Gasteiger partial charge >= 0.3 is 0 Å². The number of allylic oxidation sites excluding steroid dienone is 2. The van der Waals surface area contributed by atoms with E-state index in [0.29, 0.717) is 30.1 Å². The number of rotatable bonds is 7. The zero-order valence-electron chi connectivity index (χ0n) is 14.0. The van der Waals surface area contributed by atoms with E-state index in [9.17, 15) is 9.59 Å². The number of Topliss-reactive ketones (excluding diaryl/α,β-unsaturated/α-hetero) is 2. The van der Waals surface area contributed by atoms with Gasteiger partial charge in [-0.15, -0.1) is 0 Å². The molecule has 3 heteroatoms. The summed E-state index contributed by atoms with van der Waals surface area (Å²) >= 11 is 6.05. The predicted octanol–water partition coefficient (Wildman–Crippen LogP) is 5.10. The maximum atomic E-state index is 12.4. The Labute approximate surface area is 143 Å². The Balaban J connectivity index is 1.95. The van der Waals surface area contributed by atoms with Gasteiger partial charge in [-0.25, -0.2) is 0 Å². The molecule has 124 valence electrons. The Morgan fingerprint density at radius 2 is 2.09 bits per heavy atom. The van der Waals surface area contributed by atoms with E-state index < -0.39 is 0 Å². The van der Waals surface area contributed by atoms with Crippen LogP contribution >= 0.6 is 11.6 Å². The van der Waals surface area contributed by atoms with E-state index in [1.54, 1.807) is 0 Å². The number of carbonyl (C=O) groups excluding carboxylic acids is 2. The van der Waals surface area contributed by atoms with Gasteiger partial charge in [0.25, 0.3) is 0 Å². The number of halogens is 1. The fourth-order valence-corrected chi connectivity index (χ4v) is 3.77. The number of carbonyl (C=O) groups is 2. The van der Waals surface area contributed by atoms with Gasteiger partial charge in [0.15, 0.2) is 0 Å². The molecular weight excluding hydrogens is 308 g/mol. The van der Waals surface area contributed by atoms with Crippen LogP contribution < -0.4 is 0 Å². The summed E-state index contributed by atoms with van der Waals surface area (Å²) in [6.45, 7) is 4.06. The zero-order chi connectivity index (χ0) is 16.8. The monoisotopic (exact) mass is 332 g/mol. The second-order valence-electron chi connectivity index (χ2n) is 6.54. The summed E-state index contributed by atoms with van der Waals surface area (Å²) in [4.78, 5) is 24.4. The van der Waals surface area contributed by atoms with Gasteiger partial charge in [-0.05, 0) is 55.4 Å². The third-order valence-electron chi connectivity index (χ3n) is 4.53. The van der Waals surface area contributed by atoms with Gasteiger partial charge < -0.3 is 0 Å². The average molecular weight is 333 g/mol. The van der Waals surface area contributed by atoms with Crippen molar-refractivity contribution in [3.63, 3.8) is 0 Å². The Hall–Kier alpha value is -1.41. The highest BCUT2D eigenvalue weighted by atomic mass is 35.5. The lowest BCUT2D eigenvalue weighted by Gasteiger charge is -2.16. The number of benzene rings is 1. The van der Waals surface area contributed by atoms with Crippen molar-refractivity contribution >= 4 is 23.2 Å². The molecule has 1 fully saturated rings. The second kappa shape index (κ2) is 8.44. The lowest BCUT2D eigenvalue weighted by atomic mass is 9.87. The fourth-order valence-electron chi connectivity index (χ4n) is 3.46. The molecule has 0 saturated heterocycles. The van der Waals surface area contributed by atoms with Crippen molar-refractivity contribution in [2.24, 2.45) is 11.8 Å². The summed E-state index contributed by atoms with van der Waals surface area (Å²) < 4.78 is 0. The highest BCUT2D eigenvalue weighted by molar-refractivity contribution is 6.30. The standard InChI is InChI=1S/C20H25ClO2/c1-3-4-5-6-19-16(7-8-20(19)23)13-18(22)12-15-9-14(2)10-17(21)11-15/h4-5,9-11,16,19H,3,6-8,12-13H2,1-2H3/b5-4-/t16-,19-/m1/s1. The van der Waals surface area contributed by atoms with Crippen LogP contribution in [0.1, 0.15) is 50.2 Å². The van der Waals surface area contributed by atoms with Crippen LogP contribution in [-0.2, 0) is 16.0 Å². The minimum absolute atomic E-state index is 0.0304. The van der Waals surface area contributed by atoms with Crippen molar-refractivity contribution in [3.05, 3.63) is 46.5 Å². The maximum Gasteiger partial charge on any atom is 0.137 e. The first-order valence-corrected chi connectivity index (χ1v) is 8.83. The van der Waals surface area contributed by atoms with Gasteiger partial charge in [0.05, 0.1) is 0 Å². The highest BCUT2D eigenvalue weighted by Crippen LogP contribution is 2.34. The van der Waals surface area contributed by atoms with Gasteiger partial charge in [0.1, 0.15) is 11.6 Å². The molecule has 2 rings (SSSR count). The van der Waals surface area contributed by atoms with Gasteiger partial charge in [0, 0.05) is 30.2 Å². The molecule has 0 N–H and O–H groups in total. The topological polar surface area (TPSA) is 34.1 Å². The number of hydrogen-bond donors (Lipinski definition) is 0. The van der Waals surface area contributed by atoms with Crippen molar-refractivity contribution in [2.45, 2.75) is 52.4 Å². The molecule has 0 spiro atoms. The van der Waals surface area contributed by atoms with Crippen molar-refractivity contribution in [1.29, 1.82) is 0 Å². The molecule has 1 aromatic rings. The van der Waals surface area contributed by atoms with E-state index in [1.807, 2.05) is 25.1 Å². The van der Waals surface area contributed by atoms with Crippen LogP contribution in [0.2, 0.25) is 5.02 Å². The molecule has 1 saturated carbocycles. The molecular formula is C20H25ClO2. The van der Waals surface area contributed by atoms with E-state index in [4.69, 9.17) is 11.6 Å². The number of ketones is 2. The van der Waals surface area contributed by atoms with Crippen LogP contribution in [-0.4, -0.2) is 11.6 Å². The first-order valence-electron chi connectivity index (χ1n) is 8.45. The molecule has 2 nitrogen and oxygen atoms in total. The average Bonchev–Trinajstić information content (AvgIpc) is 2.79. The molecule has 1 aromatic carbocycles. The molecule has 0 aromatic heterocycles. The van der Waals surface area contributed by atoms with Gasteiger partial charge in [-0.2, -0.15) is 0 Å². The minimum atomic E-state index is 0.0304. The molecule has 0 radical (unpaired) electrons. The van der Waals surface area contributed by atoms with Gasteiger partial charge in [-0.1, -0.05) is 36.7 Å². The summed E-state index contributed by atoms with van der Waals surface area (Å²) in [5, 5.41) is 0.673. The zero-order valence-corrected chi connectivity index (χ0v) is 14.7. The first kappa shape index (κ1) is 17.9. The van der Waals surface area contributed by atoms with Crippen LogP contribution in [0.15, 0.2) is 30.4 Å². The smallest absolute Gasteiger partial charge is 0.137 e. The quantitative estimate of drug-likeness (QED) is 0.651. The SMILES string of the molecule is CC/C=C\C[C@H]1C(=O)CC[C@@H]1CC(=O)Cc1cc(C)cc(Cl)c1. The molecule has 0 heterocycles. The third kappa shape index (κ3) is 5.31. The second-order valence-corrected chi connectivity index (χ2v) is 6.98. The van der Waals surface area contributed by atoms with Gasteiger partial charge in [-0.3, -0.25) is 9.59 Å². The summed E-state index contributed by atoms with van der Waals surface area (Å²) in [7, 11) is 0. The van der Waals surface area contributed by atoms with E-state index in [0.717, 1.165) is 30.4 Å². The third-order valence-corrected chi connectivity index (χ3v) is 4.75. The predicted molar refractivity (Wildman–Crippen MR) is 94.8 cm³/mol. The molecule has 1 aliphatic rings. The maximum absolute atomic E-state index is 12.4. The van der Waals surface area contributed by atoms with Crippen LogP contribution in [0.5, 0.6) is 0 Å². The van der Waals surface area contributed by atoms with E-state index in [-0.39, 0.29) is 17.6 Å². The lowest BCUT2D eigenvalue weighted by molar-refractivity contribution is -0.122. The molecule has 2 atom stereocenters. The molecule has 1 aliphatic carbocycles. The van der Waals surface area contributed by atoms with E-state index >= 15 is 0 Å². The summed E-state index contributed by atoms with van der Waals surface area (Å²) in [6.07, 6.45) is 8.33. The molecule has 0 amide bonds. The number of aryl methyl sites for hydroxylation is 1. The molecule has 0 aliphatic heterocycles. The Morgan fingerprint density at radius 1 is 1.30 bits per heavy atom.